The normalized spacial score (nSPS) is 19.1. The van der Waals surface area contributed by atoms with Crippen molar-refractivity contribution >= 4 is 33.2 Å². The summed E-state index contributed by atoms with van der Waals surface area (Å²) in [4.78, 5) is 17.3. The quantitative estimate of drug-likeness (QED) is 0.784. The lowest BCUT2D eigenvalue weighted by molar-refractivity contribution is -0.138. The van der Waals surface area contributed by atoms with Crippen LogP contribution < -0.4 is 11.5 Å². The topological polar surface area (TPSA) is 90.7 Å². The molecule has 0 saturated heterocycles. The van der Waals surface area contributed by atoms with Crippen molar-refractivity contribution in [2.24, 2.45) is 16.5 Å². The number of esters is 1. The molecule has 0 fully saturated rings. The monoisotopic (exact) mass is 369 g/mol. The Morgan fingerprint density at radius 1 is 1.35 bits per heavy atom. The lowest BCUT2D eigenvalue weighted by Gasteiger charge is -2.27. The first-order chi connectivity index (χ1) is 12.6. The van der Waals surface area contributed by atoms with Gasteiger partial charge in [-0.1, -0.05) is 31.5 Å². The summed E-state index contributed by atoms with van der Waals surface area (Å²) in [5.74, 6) is -0.356. The molecule has 0 spiro atoms. The SMILES string of the molecule is CCCC1=C(C(=O)OCC)C(c2csc3ccccc23)/C(=C/N)C(N)=N1. The Morgan fingerprint density at radius 3 is 2.81 bits per heavy atom. The summed E-state index contributed by atoms with van der Waals surface area (Å²) >= 11 is 1.64. The highest BCUT2D eigenvalue weighted by Crippen LogP contribution is 2.43. The number of nitrogens with zero attached hydrogens (tertiary/aromatic N) is 1. The molecule has 6 heteroatoms. The molecular weight excluding hydrogens is 346 g/mol. The molecule has 1 aliphatic heterocycles. The van der Waals surface area contributed by atoms with Crippen LogP contribution in [0.5, 0.6) is 0 Å². The molecular formula is C20H23N3O2S. The van der Waals surface area contributed by atoms with Crippen LogP contribution in [0, 0.1) is 0 Å². The van der Waals surface area contributed by atoms with Crippen molar-refractivity contribution in [1.29, 1.82) is 0 Å². The van der Waals surface area contributed by atoms with E-state index in [4.69, 9.17) is 16.2 Å². The number of ether oxygens (including phenoxy) is 1. The Labute approximate surface area is 157 Å². The first-order valence-electron chi connectivity index (χ1n) is 8.74. The van der Waals surface area contributed by atoms with E-state index in [1.54, 1.807) is 18.3 Å². The molecule has 1 aliphatic rings. The molecule has 2 aromatic rings. The zero-order chi connectivity index (χ0) is 18.7. The predicted octanol–water partition coefficient (Wildman–Crippen LogP) is 3.82. The lowest BCUT2D eigenvalue weighted by atomic mass is 9.80. The molecule has 1 unspecified atom stereocenters. The Kier molecular flexibility index (Phi) is 5.42. The summed E-state index contributed by atoms with van der Waals surface area (Å²) in [7, 11) is 0. The summed E-state index contributed by atoms with van der Waals surface area (Å²) in [5, 5.41) is 3.16. The highest BCUT2D eigenvalue weighted by atomic mass is 32.1. The fourth-order valence-corrected chi connectivity index (χ4v) is 4.33. The molecule has 136 valence electrons. The zero-order valence-electron chi connectivity index (χ0n) is 15.0. The minimum Gasteiger partial charge on any atom is -0.463 e. The molecule has 2 heterocycles. The number of thiophene rings is 1. The van der Waals surface area contributed by atoms with Crippen LogP contribution in [0.1, 0.15) is 38.2 Å². The number of hydrogen-bond acceptors (Lipinski definition) is 6. The number of nitrogens with two attached hydrogens (primary N) is 2. The van der Waals surface area contributed by atoms with Gasteiger partial charge in [-0.05, 0) is 35.7 Å². The van der Waals surface area contributed by atoms with Crippen LogP contribution in [-0.4, -0.2) is 18.4 Å². The molecule has 1 atom stereocenters. The van der Waals surface area contributed by atoms with Gasteiger partial charge in [0.2, 0.25) is 0 Å². The minimum absolute atomic E-state index is 0.305. The largest absolute Gasteiger partial charge is 0.463 e. The van der Waals surface area contributed by atoms with Crippen molar-refractivity contribution in [2.45, 2.75) is 32.6 Å². The van der Waals surface area contributed by atoms with Crippen molar-refractivity contribution in [1.82, 2.24) is 0 Å². The molecule has 3 rings (SSSR count). The molecule has 1 aromatic carbocycles. The molecule has 4 N–H and O–H groups in total. The third kappa shape index (κ3) is 3.12. The van der Waals surface area contributed by atoms with Crippen molar-refractivity contribution in [3.63, 3.8) is 0 Å². The summed E-state index contributed by atoms with van der Waals surface area (Å²) in [6.07, 6.45) is 2.97. The summed E-state index contributed by atoms with van der Waals surface area (Å²) in [6, 6.07) is 8.12. The lowest BCUT2D eigenvalue weighted by Crippen LogP contribution is -2.30. The van der Waals surface area contributed by atoms with Gasteiger partial charge in [-0.2, -0.15) is 0 Å². The highest BCUT2D eigenvalue weighted by molar-refractivity contribution is 7.17. The number of carbonyl (C=O) groups excluding carboxylic acids is 1. The maximum Gasteiger partial charge on any atom is 0.336 e. The molecule has 1 aromatic heterocycles. The van der Waals surface area contributed by atoms with E-state index in [1.165, 1.54) is 6.20 Å². The predicted molar refractivity (Wildman–Crippen MR) is 107 cm³/mol. The van der Waals surface area contributed by atoms with Crippen LogP contribution in [0.4, 0.5) is 0 Å². The molecule has 26 heavy (non-hydrogen) atoms. The van der Waals surface area contributed by atoms with E-state index in [0.717, 1.165) is 22.1 Å². The van der Waals surface area contributed by atoms with E-state index in [9.17, 15) is 4.79 Å². The Bertz CT molecular complexity index is 924. The van der Waals surface area contributed by atoms with Gasteiger partial charge in [0.1, 0.15) is 5.84 Å². The first-order valence-corrected chi connectivity index (χ1v) is 9.62. The zero-order valence-corrected chi connectivity index (χ0v) is 15.8. The number of fused-ring (bicyclic) bond motifs is 1. The molecule has 0 amide bonds. The van der Waals surface area contributed by atoms with Crippen LogP contribution >= 0.6 is 11.3 Å². The van der Waals surface area contributed by atoms with E-state index >= 15 is 0 Å². The smallest absolute Gasteiger partial charge is 0.336 e. The van der Waals surface area contributed by atoms with Crippen LogP contribution in [0.2, 0.25) is 0 Å². The molecule has 5 nitrogen and oxygen atoms in total. The summed E-state index contributed by atoms with van der Waals surface area (Å²) < 4.78 is 6.51. The third-order valence-corrected chi connectivity index (χ3v) is 5.43. The average molecular weight is 369 g/mol. The second-order valence-electron chi connectivity index (χ2n) is 6.07. The fourth-order valence-electron chi connectivity index (χ4n) is 3.34. The van der Waals surface area contributed by atoms with Gasteiger partial charge in [0.15, 0.2) is 0 Å². The second kappa shape index (κ2) is 7.74. The van der Waals surface area contributed by atoms with Gasteiger partial charge in [0, 0.05) is 22.4 Å². The second-order valence-corrected chi connectivity index (χ2v) is 6.98. The van der Waals surface area contributed by atoms with Gasteiger partial charge in [-0.25, -0.2) is 9.79 Å². The molecule has 0 aliphatic carbocycles. The van der Waals surface area contributed by atoms with Crippen LogP contribution in [0.3, 0.4) is 0 Å². The average Bonchev–Trinajstić information content (AvgIpc) is 3.05. The van der Waals surface area contributed by atoms with Crippen LogP contribution in [-0.2, 0) is 9.53 Å². The number of hydrogen-bond donors (Lipinski definition) is 2. The fraction of sp³-hybridized carbons (Fsp3) is 0.300. The van der Waals surface area contributed by atoms with E-state index in [2.05, 4.69) is 22.5 Å². The van der Waals surface area contributed by atoms with Gasteiger partial charge < -0.3 is 16.2 Å². The van der Waals surface area contributed by atoms with E-state index in [1.807, 2.05) is 19.1 Å². The first kappa shape index (κ1) is 18.2. The molecule has 0 radical (unpaired) electrons. The highest BCUT2D eigenvalue weighted by Gasteiger charge is 2.36. The van der Waals surface area contributed by atoms with Crippen LogP contribution in [0.15, 0.2) is 57.7 Å². The van der Waals surface area contributed by atoms with Crippen molar-refractivity contribution in [3.05, 3.63) is 58.3 Å². The minimum atomic E-state index is -0.366. The van der Waals surface area contributed by atoms with Crippen LogP contribution in [0.25, 0.3) is 10.1 Å². The van der Waals surface area contributed by atoms with E-state index in [-0.39, 0.29) is 11.9 Å². The van der Waals surface area contributed by atoms with Crippen molar-refractivity contribution in [2.75, 3.05) is 6.61 Å². The number of aliphatic imine (C=N–C) groups is 1. The molecule has 0 saturated carbocycles. The summed E-state index contributed by atoms with van der Waals surface area (Å²) in [6.45, 7) is 4.15. The number of rotatable bonds is 5. The number of benzene rings is 1. The molecule has 0 bridgehead atoms. The maximum atomic E-state index is 12.8. The standard InChI is InChI=1S/C20H23N3O2S/c1-3-7-15-18(20(24)25-4-2)17(13(10-21)19(22)23-15)14-11-26-16-9-6-5-8-12(14)16/h5-6,8-11,17H,3-4,7,21H2,1-2H3,(H2,22,23)/b13-10-. The van der Waals surface area contributed by atoms with Gasteiger partial charge in [-0.15, -0.1) is 11.3 Å². The Morgan fingerprint density at radius 2 is 2.12 bits per heavy atom. The third-order valence-electron chi connectivity index (χ3n) is 4.45. The van der Waals surface area contributed by atoms with Gasteiger partial charge in [0.05, 0.1) is 17.9 Å². The van der Waals surface area contributed by atoms with Crippen molar-refractivity contribution < 1.29 is 9.53 Å². The Balaban J connectivity index is 2.26. The van der Waals surface area contributed by atoms with E-state index in [0.29, 0.717) is 35.7 Å². The van der Waals surface area contributed by atoms with Gasteiger partial charge >= 0.3 is 5.97 Å². The van der Waals surface area contributed by atoms with E-state index < -0.39 is 0 Å². The number of allylic oxidation sites excluding steroid dienone is 1. The summed E-state index contributed by atoms with van der Waals surface area (Å²) in [5.41, 5.74) is 15.0. The number of carbonyl (C=O) groups is 1. The van der Waals surface area contributed by atoms with Crippen molar-refractivity contribution in [3.8, 4) is 0 Å². The van der Waals surface area contributed by atoms with Gasteiger partial charge in [0.25, 0.3) is 0 Å². The van der Waals surface area contributed by atoms with Gasteiger partial charge in [-0.3, -0.25) is 0 Å². The maximum absolute atomic E-state index is 12.8. The number of amidine groups is 1. The Hall–Kier alpha value is -2.60.